The van der Waals surface area contributed by atoms with E-state index in [4.69, 9.17) is 9.47 Å². The number of benzene rings is 1. The molecule has 21 heavy (non-hydrogen) atoms. The van der Waals surface area contributed by atoms with Gasteiger partial charge in [0.2, 0.25) is 5.16 Å². The molecule has 1 heterocycles. The predicted molar refractivity (Wildman–Crippen MR) is 75.0 cm³/mol. The van der Waals surface area contributed by atoms with Crippen LogP contribution in [0, 0.1) is 0 Å². The Balaban J connectivity index is 2.33. The summed E-state index contributed by atoms with van der Waals surface area (Å²) in [5, 5.41) is 11.9. The van der Waals surface area contributed by atoms with E-state index in [2.05, 4.69) is 20.3 Å². The second-order valence-electron chi connectivity index (χ2n) is 3.78. The van der Waals surface area contributed by atoms with Gasteiger partial charge in [0.1, 0.15) is 17.2 Å². The lowest BCUT2D eigenvalue weighted by Gasteiger charge is -2.10. The number of ether oxygens (including phenoxy) is 3. The number of carbonyl (C=O) groups excluding carboxylic acids is 1. The van der Waals surface area contributed by atoms with E-state index >= 15 is 0 Å². The summed E-state index contributed by atoms with van der Waals surface area (Å²) in [6.07, 6.45) is 0. The molecule has 0 fully saturated rings. The lowest BCUT2D eigenvalue weighted by atomic mass is 10.3. The highest BCUT2D eigenvalue weighted by Crippen LogP contribution is 2.29. The van der Waals surface area contributed by atoms with Gasteiger partial charge in [0.25, 0.3) is 0 Å². The lowest BCUT2D eigenvalue weighted by molar-refractivity contribution is -0.137. The van der Waals surface area contributed by atoms with Gasteiger partial charge in [0, 0.05) is 6.07 Å². The minimum absolute atomic E-state index is 0.114. The molecule has 0 bridgehead atoms. The minimum Gasteiger partial charge on any atom is -0.497 e. The van der Waals surface area contributed by atoms with Gasteiger partial charge in [-0.25, -0.2) is 0 Å². The average molecular weight is 310 g/mol. The molecule has 0 N–H and O–H groups in total. The second-order valence-corrected chi connectivity index (χ2v) is 4.72. The number of rotatable bonds is 6. The van der Waals surface area contributed by atoms with E-state index in [0.29, 0.717) is 22.3 Å². The number of thioether (sulfide) groups is 1. The first kappa shape index (κ1) is 15.1. The Morgan fingerprint density at radius 2 is 2.10 bits per heavy atom. The third-order valence-corrected chi connectivity index (χ3v) is 3.49. The Morgan fingerprint density at radius 1 is 1.29 bits per heavy atom. The third-order valence-electron chi connectivity index (χ3n) is 2.60. The van der Waals surface area contributed by atoms with Crippen molar-refractivity contribution in [3.8, 4) is 17.2 Å². The van der Waals surface area contributed by atoms with Gasteiger partial charge in [-0.15, -0.1) is 5.10 Å². The minimum atomic E-state index is -0.354. The first-order valence-electron chi connectivity index (χ1n) is 5.90. The van der Waals surface area contributed by atoms with Gasteiger partial charge in [-0.3, -0.25) is 4.79 Å². The number of methoxy groups -OCH3 is 3. The van der Waals surface area contributed by atoms with Gasteiger partial charge in [-0.05, 0) is 22.6 Å². The van der Waals surface area contributed by atoms with Crippen LogP contribution in [0.4, 0.5) is 0 Å². The molecule has 0 saturated carbocycles. The van der Waals surface area contributed by atoms with E-state index in [-0.39, 0.29) is 11.7 Å². The smallest absolute Gasteiger partial charge is 0.316 e. The lowest BCUT2D eigenvalue weighted by Crippen LogP contribution is -2.06. The fourth-order valence-electron chi connectivity index (χ4n) is 1.56. The molecular formula is C12H14N4O4S. The Bertz CT molecular complexity index is 631. The standard InChI is InChI=1S/C12H14N4O4S/c1-18-8-4-5-10(19-2)9(6-8)16-12(13-14-15-16)21-7-11(17)20-3/h4-6H,7H2,1-3H3. The molecule has 0 saturated heterocycles. The van der Waals surface area contributed by atoms with E-state index in [9.17, 15) is 4.79 Å². The van der Waals surface area contributed by atoms with Gasteiger partial charge >= 0.3 is 5.97 Å². The fourth-order valence-corrected chi connectivity index (χ4v) is 2.28. The molecule has 1 aromatic heterocycles. The van der Waals surface area contributed by atoms with Gasteiger partial charge in [-0.1, -0.05) is 11.8 Å². The second kappa shape index (κ2) is 6.93. The number of hydrogen-bond donors (Lipinski definition) is 0. The SMILES string of the molecule is COC(=O)CSc1nnnn1-c1cc(OC)ccc1OC. The summed E-state index contributed by atoms with van der Waals surface area (Å²) in [5.41, 5.74) is 0.620. The van der Waals surface area contributed by atoms with Crippen molar-refractivity contribution in [2.24, 2.45) is 0 Å². The molecule has 2 aromatic rings. The number of hydrogen-bond acceptors (Lipinski definition) is 8. The van der Waals surface area contributed by atoms with Crippen LogP contribution in [0.5, 0.6) is 11.5 Å². The topological polar surface area (TPSA) is 88.4 Å². The van der Waals surface area contributed by atoms with Crippen LogP contribution in [0.3, 0.4) is 0 Å². The summed E-state index contributed by atoms with van der Waals surface area (Å²) in [6, 6.07) is 5.27. The Labute approximate surface area is 125 Å². The van der Waals surface area contributed by atoms with E-state index in [0.717, 1.165) is 0 Å². The molecule has 0 aliphatic heterocycles. The van der Waals surface area contributed by atoms with Crippen LogP contribution in [0.2, 0.25) is 0 Å². The number of aromatic nitrogens is 4. The molecule has 1 aromatic carbocycles. The summed E-state index contributed by atoms with van der Waals surface area (Å²) in [6.45, 7) is 0. The third kappa shape index (κ3) is 3.43. The molecular weight excluding hydrogens is 296 g/mol. The Morgan fingerprint density at radius 3 is 2.76 bits per heavy atom. The van der Waals surface area contributed by atoms with E-state index in [1.807, 2.05) is 0 Å². The van der Waals surface area contributed by atoms with Gasteiger partial charge < -0.3 is 14.2 Å². The van der Waals surface area contributed by atoms with Crippen LogP contribution in [0.25, 0.3) is 5.69 Å². The maximum Gasteiger partial charge on any atom is 0.316 e. The number of nitrogens with zero attached hydrogens (tertiary/aromatic N) is 4. The highest BCUT2D eigenvalue weighted by molar-refractivity contribution is 7.99. The van der Waals surface area contributed by atoms with Crippen LogP contribution in [0.15, 0.2) is 23.4 Å². The molecule has 0 aliphatic carbocycles. The summed E-state index contributed by atoms with van der Waals surface area (Å²) in [4.78, 5) is 11.2. The van der Waals surface area contributed by atoms with E-state index in [1.54, 1.807) is 32.4 Å². The molecule has 8 nitrogen and oxygen atoms in total. The molecule has 9 heteroatoms. The van der Waals surface area contributed by atoms with Gasteiger partial charge in [0.05, 0.1) is 27.1 Å². The molecule has 0 unspecified atom stereocenters. The van der Waals surface area contributed by atoms with Crippen molar-refractivity contribution in [1.82, 2.24) is 20.2 Å². The zero-order chi connectivity index (χ0) is 15.2. The van der Waals surface area contributed by atoms with Crippen LogP contribution in [0.1, 0.15) is 0 Å². The van der Waals surface area contributed by atoms with Crippen LogP contribution >= 0.6 is 11.8 Å². The average Bonchev–Trinajstić information content (AvgIpc) is 3.00. The quantitative estimate of drug-likeness (QED) is 0.575. The molecule has 0 radical (unpaired) electrons. The number of tetrazole rings is 1. The van der Waals surface area contributed by atoms with E-state index in [1.165, 1.54) is 23.6 Å². The summed E-state index contributed by atoms with van der Waals surface area (Å²) >= 11 is 1.17. The number of esters is 1. The zero-order valence-corrected chi connectivity index (χ0v) is 12.6. The molecule has 112 valence electrons. The molecule has 0 atom stereocenters. The maximum atomic E-state index is 11.2. The molecule has 0 amide bonds. The summed E-state index contributed by atoms with van der Waals surface area (Å²) in [5.74, 6) is 0.990. The van der Waals surface area contributed by atoms with Crippen LogP contribution in [-0.4, -0.2) is 53.3 Å². The van der Waals surface area contributed by atoms with E-state index < -0.39 is 0 Å². The molecule has 0 aliphatic rings. The van der Waals surface area contributed by atoms with Crippen molar-refractivity contribution in [1.29, 1.82) is 0 Å². The zero-order valence-electron chi connectivity index (χ0n) is 11.8. The number of carbonyl (C=O) groups is 1. The van der Waals surface area contributed by atoms with Gasteiger partial charge in [0.15, 0.2) is 0 Å². The summed E-state index contributed by atoms with van der Waals surface area (Å²) < 4.78 is 16.6. The van der Waals surface area contributed by atoms with Crippen molar-refractivity contribution >= 4 is 17.7 Å². The van der Waals surface area contributed by atoms with Crippen molar-refractivity contribution in [3.05, 3.63) is 18.2 Å². The first-order chi connectivity index (χ1) is 10.2. The van der Waals surface area contributed by atoms with Gasteiger partial charge in [-0.2, -0.15) is 4.68 Å². The van der Waals surface area contributed by atoms with Crippen molar-refractivity contribution < 1.29 is 19.0 Å². The Kier molecular flexibility index (Phi) is 4.99. The highest BCUT2D eigenvalue weighted by atomic mass is 32.2. The predicted octanol–water partition coefficient (Wildman–Crippen LogP) is 0.945. The summed E-state index contributed by atoms with van der Waals surface area (Å²) in [7, 11) is 4.45. The first-order valence-corrected chi connectivity index (χ1v) is 6.88. The van der Waals surface area contributed by atoms with Crippen molar-refractivity contribution in [3.63, 3.8) is 0 Å². The largest absolute Gasteiger partial charge is 0.497 e. The van der Waals surface area contributed by atoms with Crippen molar-refractivity contribution in [2.75, 3.05) is 27.1 Å². The van der Waals surface area contributed by atoms with Crippen molar-refractivity contribution in [2.45, 2.75) is 5.16 Å². The maximum absolute atomic E-state index is 11.2. The molecule has 0 spiro atoms. The monoisotopic (exact) mass is 310 g/mol. The molecule has 2 rings (SSSR count). The normalized spacial score (nSPS) is 10.2. The van der Waals surface area contributed by atoms with Crippen LogP contribution in [-0.2, 0) is 9.53 Å². The van der Waals surface area contributed by atoms with Crippen LogP contribution < -0.4 is 9.47 Å². The fraction of sp³-hybridized carbons (Fsp3) is 0.333. The highest BCUT2D eigenvalue weighted by Gasteiger charge is 2.15. The Hall–Kier alpha value is -2.29.